The third-order valence-electron chi connectivity index (χ3n) is 10.3. The van der Waals surface area contributed by atoms with Crippen LogP contribution in [0.5, 0.6) is 0 Å². The molecule has 0 aliphatic rings. The molecule has 0 bridgehead atoms. The van der Waals surface area contributed by atoms with Crippen molar-refractivity contribution in [2.75, 3.05) is 4.90 Å². The lowest BCUT2D eigenvalue weighted by atomic mass is 9.95. The molecule has 0 fully saturated rings. The molecular weight excluding hydrogens is 647 g/mol. The minimum Gasteiger partial charge on any atom is -0.309 e. The van der Waals surface area contributed by atoms with Gasteiger partial charge in [-0.05, 0) is 80.4 Å². The summed E-state index contributed by atoms with van der Waals surface area (Å²) in [6.07, 6.45) is 0. The van der Waals surface area contributed by atoms with E-state index in [1.165, 1.54) is 75.1 Å². The van der Waals surface area contributed by atoms with Crippen LogP contribution >= 0.6 is 11.3 Å². The molecule has 0 aliphatic carbocycles. The summed E-state index contributed by atoms with van der Waals surface area (Å²) < 4.78 is 2.62. The van der Waals surface area contributed by atoms with Gasteiger partial charge < -0.3 is 4.90 Å². The highest BCUT2D eigenvalue weighted by Crippen LogP contribution is 2.47. The molecule has 0 aliphatic heterocycles. The van der Waals surface area contributed by atoms with Crippen LogP contribution in [0.3, 0.4) is 0 Å². The van der Waals surface area contributed by atoms with E-state index in [1.807, 2.05) is 11.3 Å². The van der Waals surface area contributed by atoms with Crippen molar-refractivity contribution in [1.82, 2.24) is 0 Å². The fourth-order valence-electron chi connectivity index (χ4n) is 7.85. The van der Waals surface area contributed by atoms with Gasteiger partial charge in [0.15, 0.2) is 0 Å². The van der Waals surface area contributed by atoms with Crippen LogP contribution in [0.1, 0.15) is 0 Å². The molecule has 2 heteroatoms. The average Bonchev–Trinajstić information content (AvgIpc) is 3.60. The fourth-order valence-corrected chi connectivity index (χ4v) is 8.98. The lowest BCUT2D eigenvalue weighted by Crippen LogP contribution is -2.12. The molecule has 0 saturated heterocycles. The molecule has 10 aromatic rings. The van der Waals surface area contributed by atoms with E-state index >= 15 is 0 Å². The zero-order chi connectivity index (χ0) is 34.4. The SMILES string of the molecule is c1cc(-c2ccc(-c3cccc4ccccc34)cc2)cc(N(c2ccccc2-c2cccc3sc4ccccc4c23)c2cccc3ccccc23)c1. The third-order valence-corrected chi connectivity index (χ3v) is 11.4. The van der Waals surface area contributed by atoms with Crippen molar-refractivity contribution in [3.05, 3.63) is 200 Å². The normalized spacial score (nSPS) is 11.5. The first kappa shape index (κ1) is 30.4. The van der Waals surface area contributed by atoms with Gasteiger partial charge in [0.05, 0.1) is 11.4 Å². The highest BCUT2D eigenvalue weighted by atomic mass is 32.1. The highest BCUT2D eigenvalue weighted by Gasteiger charge is 2.21. The number of para-hydroxylation sites is 1. The van der Waals surface area contributed by atoms with Gasteiger partial charge in [-0.25, -0.2) is 0 Å². The maximum atomic E-state index is 2.46. The Kier molecular flexibility index (Phi) is 7.41. The second-order valence-electron chi connectivity index (χ2n) is 13.3. The Balaban J connectivity index is 1.15. The molecule has 0 spiro atoms. The van der Waals surface area contributed by atoms with E-state index in [0.29, 0.717) is 0 Å². The molecule has 1 nitrogen and oxygen atoms in total. The molecule has 1 aromatic heterocycles. The Morgan fingerprint density at radius 2 is 0.885 bits per heavy atom. The van der Waals surface area contributed by atoms with Gasteiger partial charge in [0, 0.05) is 36.8 Å². The Labute approximate surface area is 307 Å². The van der Waals surface area contributed by atoms with Gasteiger partial charge >= 0.3 is 0 Å². The molecule has 0 N–H and O–H groups in total. The minimum absolute atomic E-state index is 1.11. The molecule has 1 heterocycles. The topological polar surface area (TPSA) is 3.24 Å². The largest absolute Gasteiger partial charge is 0.309 e. The number of hydrogen-bond donors (Lipinski definition) is 0. The van der Waals surface area contributed by atoms with Crippen LogP contribution in [0.15, 0.2) is 200 Å². The molecule has 9 aromatic carbocycles. The molecule has 244 valence electrons. The van der Waals surface area contributed by atoms with Gasteiger partial charge in [0.1, 0.15) is 0 Å². The summed E-state index contributed by atoms with van der Waals surface area (Å²) in [5.74, 6) is 0. The number of thiophene rings is 1. The molecule has 0 atom stereocenters. The zero-order valence-corrected chi connectivity index (χ0v) is 29.2. The monoisotopic (exact) mass is 679 g/mol. The summed E-state index contributed by atoms with van der Waals surface area (Å²) in [4.78, 5) is 2.46. The number of hydrogen-bond acceptors (Lipinski definition) is 2. The molecule has 0 unspecified atom stereocenters. The number of nitrogens with zero attached hydrogens (tertiary/aromatic N) is 1. The summed E-state index contributed by atoms with van der Waals surface area (Å²) >= 11 is 1.87. The number of rotatable bonds is 6. The van der Waals surface area contributed by atoms with Gasteiger partial charge in [0.25, 0.3) is 0 Å². The maximum absolute atomic E-state index is 2.46. The van der Waals surface area contributed by atoms with E-state index in [9.17, 15) is 0 Å². The standard InChI is InChI=1S/C50H33NS/c1-3-19-40-35(13-1)15-10-23-41(40)37-31-29-34(30-32-37)38-17-9-18-39(33-38)51(46-26-11-16-36-14-2-4-20-42(36)46)47-25-7-5-21-43(47)44-24-12-28-49-50(44)45-22-6-8-27-48(45)52-49/h1-33H. The van der Waals surface area contributed by atoms with Crippen molar-refractivity contribution < 1.29 is 0 Å². The van der Waals surface area contributed by atoms with Gasteiger partial charge in [-0.15, -0.1) is 11.3 Å². The molecule has 0 amide bonds. The summed E-state index contributed by atoms with van der Waals surface area (Å²) in [5.41, 5.74) is 10.7. The first-order valence-electron chi connectivity index (χ1n) is 17.8. The second kappa shape index (κ2) is 12.7. The van der Waals surface area contributed by atoms with E-state index in [2.05, 4.69) is 205 Å². The molecule has 0 saturated carbocycles. The Hall–Kier alpha value is -6.48. The summed E-state index contributed by atoms with van der Waals surface area (Å²) in [7, 11) is 0. The van der Waals surface area contributed by atoms with Crippen molar-refractivity contribution in [2.45, 2.75) is 0 Å². The van der Waals surface area contributed by atoms with Gasteiger partial charge in [-0.1, -0.05) is 164 Å². The molecule has 52 heavy (non-hydrogen) atoms. The van der Waals surface area contributed by atoms with Crippen molar-refractivity contribution in [1.29, 1.82) is 0 Å². The number of anilines is 3. The highest BCUT2D eigenvalue weighted by molar-refractivity contribution is 7.25. The van der Waals surface area contributed by atoms with Gasteiger partial charge in [-0.3, -0.25) is 0 Å². The predicted molar refractivity (Wildman–Crippen MR) is 225 cm³/mol. The van der Waals surface area contributed by atoms with E-state index in [1.54, 1.807) is 0 Å². The van der Waals surface area contributed by atoms with Crippen molar-refractivity contribution in [3.63, 3.8) is 0 Å². The first-order valence-corrected chi connectivity index (χ1v) is 18.6. The summed E-state index contributed by atoms with van der Waals surface area (Å²) in [5, 5.41) is 7.58. The van der Waals surface area contributed by atoms with E-state index in [-0.39, 0.29) is 0 Å². The van der Waals surface area contributed by atoms with Gasteiger partial charge in [-0.2, -0.15) is 0 Å². The zero-order valence-electron chi connectivity index (χ0n) is 28.4. The maximum Gasteiger partial charge on any atom is 0.0540 e. The van der Waals surface area contributed by atoms with Crippen LogP contribution in [-0.4, -0.2) is 0 Å². The smallest absolute Gasteiger partial charge is 0.0540 e. The van der Waals surface area contributed by atoms with E-state index in [4.69, 9.17) is 0 Å². The van der Waals surface area contributed by atoms with Crippen LogP contribution in [0.2, 0.25) is 0 Å². The molecule has 0 radical (unpaired) electrons. The van der Waals surface area contributed by atoms with Crippen molar-refractivity contribution >= 4 is 70.1 Å². The van der Waals surface area contributed by atoms with Crippen LogP contribution in [0, 0.1) is 0 Å². The fraction of sp³-hybridized carbons (Fsp3) is 0. The second-order valence-corrected chi connectivity index (χ2v) is 14.4. The lowest BCUT2D eigenvalue weighted by Gasteiger charge is -2.29. The first-order chi connectivity index (χ1) is 25.8. The minimum atomic E-state index is 1.11. The summed E-state index contributed by atoms with van der Waals surface area (Å²) in [6.45, 7) is 0. The van der Waals surface area contributed by atoms with Gasteiger partial charge in [0.2, 0.25) is 0 Å². The van der Waals surface area contributed by atoms with E-state index < -0.39 is 0 Å². The van der Waals surface area contributed by atoms with Crippen LogP contribution in [-0.2, 0) is 0 Å². The number of benzene rings is 9. The predicted octanol–water partition coefficient (Wildman–Crippen LogP) is 14.8. The van der Waals surface area contributed by atoms with E-state index in [0.717, 1.165) is 17.1 Å². The van der Waals surface area contributed by atoms with Crippen molar-refractivity contribution in [2.24, 2.45) is 0 Å². The molecular formula is C50H33NS. The summed E-state index contributed by atoms with van der Waals surface area (Å²) in [6, 6.07) is 73.0. The average molecular weight is 680 g/mol. The Bertz CT molecular complexity index is 2910. The van der Waals surface area contributed by atoms with Crippen LogP contribution in [0.25, 0.3) is 75.1 Å². The Morgan fingerprint density at radius 3 is 1.75 bits per heavy atom. The van der Waals surface area contributed by atoms with Crippen LogP contribution < -0.4 is 4.90 Å². The van der Waals surface area contributed by atoms with Crippen molar-refractivity contribution in [3.8, 4) is 33.4 Å². The number of fused-ring (bicyclic) bond motifs is 5. The lowest BCUT2D eigenvalue weighted by molar-refractivity contribution is 1.30. The third kappa shape index (κ3) is 5.16. The molecule has 10 rings (SSSR count). The quantitative estimate of drug-likeness (QED) is 0.169. The van der Waals surface area contributed by atoms with Crippen LogP contribution in [0.4, 0.5) is 17.1 Å². The Morgan fingerprint density at radius 1 is 0.327 bits per heavy atom.